The summed E-state index contributed by atoms with van der Waals surface area (Å²) < 4.78 is 17.4. The van der Waals surface area contributed by atoms with Gasteiger partial charge in [-0.1, -0.05) is 47.5 Å². The highest BCUT2D eigenvalue weighted by Crippen LogP contribution is 2.27. The molecule has 1 heterocycles. The van der Waals surface area contributed by atoms with E-state index in [0.717, 1.165) is 39.3 Å². The van der Waals surface area contributed by atoms with Crippen molar-refractivity contribution in [1.82, 2.24) is 0 Å². The van der Waals surface area contributed by atoms with E-state index in [-0.39, 0.29) is 11.7 Å². The van der Waals surface area contributed by atoms with Gasteiger partial charge in [0.25, 0.3) is 0 Å². The van der Waals surface area contributed by atoms with Gasteiger partial charge in [0, 0.05) is 19.8 Å². The molecule has 1 rings (SSSR count). The molecule has 0 spiro atoms. The van der Waals surface area contributed by atoms with Crippen molar-refractivity contribution < 1.29 is 14.2 Å². The molecule has 1 atom stereocenters. The lowest BCUT2D eigenvalue weighted by Crippen LogP contribution is -2.29. The van der Waals surface area contributed by atoms with E-state index in [2.05, 4.69) is 34.6 Å². The van der Waals surface area contributed by atoms with Crippen LogP contribution >= 0.6 is 0 Å². The molecule has 1 fully saturated rings. The van der Waals surface area contributed by atoms with Crippen molar-refractivity contribution in [3.8, 4) is 0 Å². The second kappa shape index (κ2) is 10.7. The summed E-state index contributed by atoms with van der Waals surface area (Å²) in [4.78, 5) is 0. The lowest BCUT2D eigenvalue weighted by molar-refractivity contribution is -0.177. The maximum atomic E-state index is 5.92. The predicted molar refractivity (Wildman–Crippen MR) is 96.7 cm³/mol. The van der Waals surface area contributed by atoms with Crippen molar-refractivity contribution in [2.75, 3.05) is 26.4 Å². The minimum atomic E-state index is 0.0193. The van der Waals surface area contributed by atoms with Crippen LogP contribution in [0.15, 0.2) is 0 Å². The first-order valence-corrected chi connectivity index (χ1v) is 9.66. The summed E-state index contributed by atoms with van der Waals surface area (Å²) in [6.45, 7) is 14.8. The average molecular weight is 329 g/mol. The molecule has 0 aliphatic carbocycles. The summed E-state index contributed by atoms with van der Waals surface area (Å²) in [5, 5.41) is 0. The highest BCUT2D eigenvalue weighted by atomic mass is 16.7. The third-order valence-electron chi connectivity index (χ3n) is 5.07. The van der Waals surface area contributed by atoms with Crippen LogP contribution in [0.2, 0.25) is 0 Å². The van der Waals surface area contributed by atoms with Crippen LogP contribution in [-0.2, 0) is 14.2 Å². The zero-order valence-corrected chi connectivity index (χ0v) is 16.3. The molecule has 0 saturated carbocycles. The van der Waals surface area contributed by atoms with E-state index < -0.39 is 0 Å². The van der Waals surface area contributed by atoms with Gasteiger partial charge in [-0.3, -0.25) is 0 Å². The molecule has 0 aromatic rings. The van der Waals surface area contributed by atoms with Crippen LogP contribution in [0.25, 0.3) is 0 Å². The molecule has 1 saturated heterocycles. The van der Waals surface area contributed by atoms with Crippen LogP contribution in [0.4, 0.5) is 0 Å². The van der Waals surface area contributed by atoms with Crippen molar-refractivity contribution in [2.24, 2.45) is 10.8 Å². The molecular formula is C20H40O3. The highest BCUT2D eigenvalue weighted by molar-refractivity contribution is 4.69. The largest absolute Gasteiger partial charge is 0.381 e. The number of rotatable bonds is 12. The minimum Gasteiger partial charge on any atom is -0.381 e. The van der Waals surface area contributed by atoms with E-state index in [9.17, 15) is 0 Å². The second-order valence-corrected chi connectivity index (χ2v) is 8.61. The summed E-state index contributed by atoms with van der Waals surface area (Å²) in [5.74, 6) is 0. The van der Waals surface area contributed by atoms with Crippen LogP contribution in [0.5, 0.6) is 0 Å². The van der Waals surface area contributed by atoms with Gasteiger partial charge >= 0.3 is 0 Å². The van der Waals surface area contributed by atoms with E-state index in [0.29, 0.717) is 5.41 Å². The van der Waals surface area contributed by atoms with Gasteiger partial charge in [0.15, 0.2) is 6.29 Å². The van der Waals surface area contributed by atoms with E-state index >= 15 is 0 Å². The van der Waals surface area contributed by atoms with Crippen LogP contribution < -0.4 is 0 Å². The second-order valence-electron chi connectivity index (χ2n) is 8.61. The Balaban J connectivity index is 2.00. The fraction of sp³-hybridized carbons (Fsp3) is 1.00. The van der Waals surface area contributed by atoms with Gasteiger partial charge in [0.05, 0.1) is 6.61 Å². The maximum absolute atomic E-state index is 5.92. The first kappa shape index (κ1) is 20.9. The third-order valence-corrected chi connectivity index (χ3v) is 5.07. The van der Waals surface area contributed by atoms with E-state index in [4.69, 9.17) is 14.2 Å². The minimum absolute atomic E-state index is 0.0193. The summed E-state index contributed by atoms with van der Waals surface area (Å²) in [6.07, 6.45) is 9.50. The van der Waals surface area contributed by atoms with Crippen molar-refractivity contribution in [3.05, 3.63) is 0 Å². The highest BCUT2D eigenvalue weighted by Gasteiger charge is 2.22. The molecule has 0 N–H and O–H groups in total. The topological polar surface area (TPSA) is 27.7 Å². The summed E-state index contributed by atoms with van der Waals surface area (Å²) >= 11 is 0. The van der Waals surface area contributed by atoms with Gasteiger partial charge in [0.2, 0.25) is 0 Å². The number of ether oxygens (including phenoxy) is 3. The molecule has 0 amide bonds. The summed E-state index contributed by atoms with van der Waals surface area (Å²) in [7, 11) is 0. The lowest BCUT2D eigenvalue weighted by Gasteiger charge is -2.29. The SMILES string of the molecule is CCC(C)(C)CCCCOCCC(C)(C)COC1CCCCO1. The Morgan fingerprint density at radius 3 is 2.39 bits per heavy atom. The first-order chi connectivity index (χ1) is 10.8. The van der Waals surface area contributed by atoms with Gasteiger partial charge in [-0.25, -0.2) is 0 Å². The Morgan fingerprint density at radius 2 is 1.74 bits per heavy atom. The molecule has 1 aliphatic rings. The molecule has 0 aromatic carbocycles. The third kappa shape index (κ3) is 10.4. The zero-order valence-electron chi connectivity index (χ0n) is 16.3. The Morgan fingerprint density at radius 1 is 0.957 bits per heavy atom. The van der Waals surface area contributed by atoms with Crippen molar-refractivity contribution in [2.45, 2.75) is 92.3 Å². The number of unbranched alkanes of at least 4 members (excludes halogenated alkanes) is 1. The van der Waals surface area contributed by atoms with E-state index in [1.54, 1.807) is 0 Å². The van der Waals surface area contributed by atoms with Gasteiger partial charge in [0.1, 0.15) is 0 Å². The standard InChI is InChI=1S/C20H40O3/c1-6-19(2,3)12-8-10-14-21-16-13-20(4,5)17-23-18-11-7-9-15-22-18/h18H,6-17H2,1-5H3. The maximum Gasteiger partial charge on any atom is 0.157 e. The van der Waals surface area contributed by atoms with E-state index in [1.165, 1.54) is 38.5 Å². The monoisotopic (exact) mass is 328 g/mol. The van der Waals surface area contributed by atoms with Gasteiger partial charge in [-0.15, -0.1) is 0 Å². The molecule has 23 heavy (non-hydrogen) atoms. The Kier molecular flexibility index (Phi) is 9.72. The zero-order chi connectivity index (χ0) is 17.2. The van der Waals surface area contributed by atoms with Crippen LogP contribution in [0.3, 0.4) is 0 Å². The normalized spacial score (nSPS) is 20.0. The Bertz CT molecular complexity index is 293. The molecule has 1 unspecified atom stereocenters. The molecular weight excluding hydrogens is 288 g/mol. The molecule has 0 aromatic heterocycles. The summed E-state index contributed by atoms with van der Waals surface area (Å²) in [6, 6.07) is 0. The number of hydrogen-bond acceptors (Lipinski definition) is 3. The van der Waals surface area contributed by atoms with Crippen LogP contribution in [0.1, 0.15) is 86.0 Å². The van der Waals surface area contributed by atoms with Crippen molar-refractivity contribution >= 4 is 0 Å². The Hall–Kier alpha value is -0.120. The summed E-state index contributed by atoms with van der Waals surface area (Å²) in [5.41, 5.74) is 0.644. The van der Waals surface area contributed by atoms with E-state index in [1.807, 2.05) is 0 Å². The average Bonchev–Trinajstić information content (AvgIpc) is 2.53. The molecule has 0 radical (unpaired) electrons. The van der Waals surface area contributed by atoms with Gasteiger partial charge in [-0.2, -0.15) is 0 Å². The molecule has 0 bridgehead atoms. The smallest absolute Gasteiger partial charge is 0.157 e. The van der Waals surface area contributed by atoms with Gasteiger partial charge in [-0.05, 0) is 49.4 Å². The Labute approximate surface area is 144 Å². The van der Waals surface area contributed by atoms with Crippen LogP contribution in [-0.4, -0.2) is 32.7 Å². The van der Waals surface area contributed by atoms with Crippen molar-refractivity contribution in [3.63, 3.8) is 0 Å². The fourth-order valence-electron chi connectivity index (χ4n) is 2.67. The predicted octanol–water partition coefficient (Wildman–Crippen LogP) is 5.57. The van der Waals surface area contributed by atoms with Crippen molar-refractivity contribution in [1.29, 1.82) is 0 Å². The number of hydrogen-bond donors (Lipinski definition) is 0. The molecule has 1 aliphatic heterocycles. The molecule has 3 heteroatoms. The lowest BCUT2D eigenvalue weighted by atomic mass is 9.85. The molecule has 138 valence electrons. The van der Waals surface area contributed by atoms with Gasteiger partial charge < -0.3 is 14.2 Å². The fourth-order valence-corrected chi connectivity index (χ4v) is 2.67. The first-order valence-electron chi connectivity index (χ1n) is 9.66. The quantitative estimate of drug-likeness (QED) is 0.438. The van der Waals surface area contributed by atoms with Crippen LogP contribution in [0, 0.1) is 10.8 Å². The molecule has 3 nitrogen and oxygen atoms in total.